The number of aryl methyl sites for hydroxylation is 2. The Hall–Kier alpha value is -0.430. The molecule has 0 fully saturated rings. The molecule has 1 aliphatic carbocycles. The van der Waals surface area contributed by atoms with Crippen LogP contribution in [0.5, 0.6) is 0 Å². The molecule has 0 spiro atoms. The molecule has 1 atom stereocenters. The van der Waals surface area contributed by atoms with Crippen molar-refractivity contribution in [3.63, 3.8) is 0 Å². The zero-order valence-electron chi connectivity index (χ0n) is 11.3. The average Bonchev–Trinajstić information content (AvgIpc) is 2.77. The van der Waals surface area contributed by atoms with Gasteiger partial charge in [-0.15, -0.1) is 11.3 Å². The molecule has 1 aromatic heterocycles. The Morgan fingerprint density at radius 3 is 2.84 bits per heavy atom. The third kappa shape index (κ3) is 4.56. The van der Waals surface area contributed by atoms with Crippen LogP contribution in [0, 0.1) is 0 Å². The van der Waals surface area contributed by atoms with E-state index in [1.807, 2.05) is 11.3 Å². The summed E-state index contributed by atoms with van der Waals surface area (Å²) in [5.41, 5.74) is 1.52. The lowest BCUT2D eigenvalue weighted by atomic mass is 9.99. The van der Waals surface area contributed by atoms with Crippen molar-refractivity contribution in [2.75, 3.05) is 12.3 Å². The van der Waals surface area contributed by atoms with Crippen molar-refractivity contribution >= 4 is 21.4 Å². The van der Waals surface area contributed by atoms with Crippen LogP contribution in [-0.4, -0.2) is 20.7 Å². The van der Waals surface area contributed by atoms with Gasteiger partial charge in [0, 0.05) is 15.8 Å². The predicted molar refractivity (Wildman–Crippen MR) is 80.0 cm³/mol. The molecule has 108 valence electrons. The molecule has 4 nitrogen and oxygen atoms in total. The number of nitrogens with one attached hydrogen (secondary N) is 1. The zero-order chi connectivity index (χ0) is 13.9. The Balaban J connectivity index is 1.83. The minimum atomic E-state index is -3.33. The summed E-state index contributed by atoms with van der Waals surface area (Å²) in [6.45, 7) is 2.81. The molecule has 0 bridgehead atoms. The molecule has 19 heavy (non-hydrogen) atoms. The van der Waals surface area contributed by atoms with Gasteiger partial charge in [0.15, 0.2) is 0 Å². The van der Waals surface area contributed by atoms with E-state index in [-0.39, 0.29) is 11.8 Å². The van der Waals surface area contributed by atoms with Crippen LogP contribution >= 0.6 is 11.3 Å². The molecule has 1 aliphatic rings. The SMILES string of the molecule is CC(NCCCS(N)(=O)=O)c1cc2c(s1)CCCC2. The van der Waals surface area contributed by atoms with Crippen LogP contribution in [0.1, 0.15) is 47.5 Å². The van der Waals surface area contributed by atoms with Gasteiger partial charge < -0.3 is 5.32 Å². The molecule has 3 N–H and O–H groups in total. The van der Waals surface area contributed by atoms with Crippen LogP contribution in [0.3, 0.4) is 0 Å². The smallest absolute Gasteiger partial charge is 0.209 e. The second-order valence-electron chi connectivity index (χ2n) is 5.20. The Labute approximate surface area is 119 Å². The largest absolute Gasteiger partial charge is 0.309 e. The van der Waals surface area contributed by atoms with E-state index in [4.69, 9.17) is 5.14 Å². The van der Waals surface area contributed by atoms with Gasteiger partial charge in [0.25, 0.3) is 0 Å². The van der Waals surface area contributed by atoms with E-state index >= 15 is 0 Å². The quantitative estimate of drug-likeness (QED) is 0.789. The van der Waals surface area contributed by atoms with Crippen molar-refractivity contribution in [1.82, 2.24) is 5.32 Å². The van der Waals surface area contributed by atoms with E-state index in [1.54, 1.807) is 4.88 Å². The highest BCUT2D eigenvalue weighted by molar-refractivity contribution is 7.89. The zero-order valence-corrected chi connectivity index (χ0v) is 12.9. The third-order valence-electron chi connectivity index (χ3n) is 3.50. The van der Waals surface area contributed by atoms with Gasteiger partial charge in [-0.05, 0) is 57.2 Å². The summed E-state index contributed by atoms with van der Waals surface area (Å²) in [6.07, 6.45) is 5.61. The lowest BCUT2D eigenvalue weighted by molar-refractivity contribution is 0.565. The van der Waals surface area contributed by atoms with Gasteiger partial charge in [-0.2, -0.15) is 0 Å². The summed E-state index contributed by atoms with van der Waals surface area (Å²) in [5.74, 6) is 0.0493. The van der Waals surface area contributed by atoms with Crippen molar-refractivity contribution in [3.05, 3.63) is 21.4 Å². The average molecular weight is 302 g/mol. The van der Waals surface area contributed by atoms with E-state index in [0.717, 1.165) is 0 Å². The van der Waals surface area contributed by atoms with E-state index in [2.05, 4.69) is 18.3 Å². The Morgan fingerprint density at radius 2 is 2.16 bits per heavy atom. The number of nitrogens with two attached hydrogens (primary N) is 1. The van der Waals surface area contributed by atoms with Crippen molar-refractivity contribution in [2.24, 2.45) is 5.14 Å². The van der Waals surface area contributed by atoms with Crippen LogP contribution in [-0.2, 0) is 22.9 Å². The molecule has 1 heterocycles. The van der Waals surface area contributed by atoms with Crippen LogP contribution in [0.25, 0.3) is 0 Å². The van der Waals surface area contributed by atoms with Gasteiger partial charge in [0.1, 0.15) is 0 Å². The number of sulfonamides is 1. The molecule has 0 saturated heterocycles. The van der Waals surface area contributed by atoms with Crippen molar-refractivity contribution < 1.29 is 8.42 Å². The highest BCUT2D eigenvalue weighted by atomic mass is 32.2. The fourth-order valence-corrected chi connectivity index (χ4v) is 4.25. The summed E-state index contributed by atoms with van der Waals surface area (Å²) in [5, 5.41) is 8.35. The Kier molecular flexibility index (Phi) is 5.00. The van der Waals surface area contributed by atoms with Crippen molar-refractivity contribution in [3.8, 4) is 0 Å². The number of hydrogen-bond donors (Lipinski definition) is 2. The predicted octanol–water partition coefficient (Wildman–Crippen LogP) is 1.96. The molecule has 0 aromatic carbocycles. The molecule has 6 heteroatoms. The first-order valence-electron chi connectivity index (χ1n) is 6.81. The maximum Gasteiger partial charge on any atom is 0.209 e. The molecular weight excluding hydrogens is 280 g/mol. The first-order valence-corrected chi connectivity index (χ1v) is 9.34. The van der Waals surface area contributed by atoms with Gasteiger partial charge in [-0.3, -0.25) is 0 Å². The molecule has 0 saturated carbocycles. The number of thiophene rings is 1. The molecule has 0 radical (unpaired) electrons. The van der Waals surface area contributed by atoms with E-state index < -0.39 is 10.0 Å². The summed E-state index contributed by atoms with van der Waals surface area (Å²) in [6, 6.07) is 2.60. The lowest BCUT2D eigenvalue weighted by Gasteiger charge is -2.11. The molecule has 2 rings (SSSR count). The number of rotatable bonds is 6. The molecule has 0 aliphatic heterocycles. The summed E-state index contributed by atoms with van der Waals surface area (Å²) in [4.78, 5) is 2.90. The maximum absolute atomic E-state index is 10.8. The summed E-state index contributed by atoms with van der Waals surface area (Å²) in [7, 11) is -3.33. The van der Waals surface area contributed by atoms with Gasteiger partial charge in [-0.1, -0.05) is 0 Å². The number of fused-ring (bicyclic) bond motifs is 1. The number of hydrogen-bond acceptors (Lipinski definition) is 4. The Morgan fingerprint density at radius 1 is 1.42 bits per heavy atom. The minimum Gasteiger partial charge on any atom is -0.309 e. The van der Waals surface area contributed by atoms with Gasteiger partial charge in [0.05, 0.1) is 5.75 Å². The van der Waals surface area contributed by atoms with Crippen LogP contribution in [0.15, 0.2) is 6.07 Å². The highest BCUT2D eigenvalue weighted by Gasteiger charge is 2.16. The van der Waals surface area contributed by atoms with Crippen molar-refractivity contribution in [1.29, 1.82) is 0 Å². The molecule has 0 amide bonds. The van der Waals surface area contributed by atoms with Gasteiger partial charge in [0.2, 0.25) is 10.0 Å². The Bertz CT molecular complexity index is 499. The minimum absolute atomic E-state index is 0.0493. The second-order valence-corrected chi connectivity index (χ2v) is 8.10. The first kappa shape index (κ1) is 15.0. The normalized spacial score (nSPS) is 17.2. The lowest BCUT2D eigenvalue weighted by Crippen LogP contribution is -2.23. The summed E-state index contributed by atoms with van der Waals surface area (Å²) < 4.78 is 21.7. The first-order chi connectivity index (χ1) is 8.96. The van der Waals surface area contributed by atoms with E-state index in [1.165, 1.54) is 36.1 Å². The van der Waals surface area contributed by atoms with Crippen LogP contribution in [0.4, 0.5) is 0 Å². The van der Waals surface area contributed by atoms with Crippen LogP contribution < -0.4 is 10.5 Å². The van der Waals surface area contributed by atoms with Crippen LogP contribution in [0.2, 0.25) is 0 Å². The topological polar surface area (TPSA) is 72.2 Å². The van der Waals surface area contributed by atoms with E-state index in [0.29, 0.717) is 13.0 Å². The second kappa shape index (κ2) is 6.35. The van der Waals surface area contributed by atoms with Crippen molar-refractivity contribution in [2.45, 2.75) is 45.1 Å². The monoisotopic (exact) mass is 302 g/mol. The fraction of sp³-hybridized carbons (Fsp3) is 0.692. The van der Waals surface area contributed by atoms with Gasteiger partial charge in [-0.25, -0.2) is 13.6 Å². The fourth-order valence-electron chi connectivity index (χ4n) is 2.42. The van der Waals surface area contributed by atoms with Gasteiger partial charge >= 0.3 is 0 Å². The maximum atomic E-state index is 10.8. The molecular formula is C13H22N2O2S2. The van der Waals surface area contributed by atoms with E-state index in [9.17, 15) is 8.42 Å². The number of primary sulfonamides is 1. The third-order valence-corrected chi connectivity index (χ3v) is 5.78. The standard InChI is InChI=1S/C13H22N2O2S2/c1-10(15-7-4-8-19(14,16)17)13-9-11-5-2-3-6-12(11)18-13/h9-10,15H,2-8H2,1H3,(H2,14,16,17). The highest BCUT2D eigenvalue weighted by Crippen LogP contribution is 2.32. The molecule has 1 unspecified atom stereocenters. The molecule has 1 aromatic rings. The summed E-state index contributed by atoms with van der Waals surface area (Å²) >= 11 is 1.90.